The lowest BCUT2D eigenvalue weighted by Crippen LogP contribution is -2.24. The predicted molar refractivity (Wildman–Crippen MR) is 68.4 cm³/mol. The van der Waals surface area contributed by atoms with E-state index in [0.29, 0.717) is 12.6 Å². The van der Waals surface area contributed by atoms with E-state index in [-0.39, 0.29) is 0 Å². The fourth-order valence-electron chi connectivity index (χ4n) is 2.53. The minimum Gasteiger partial charge on any atom is -0.496 e. The van der Waals surface area contributed by atoms with E-state index < -0.39 is 0 Å². The Balaban J connectivity index is 2.16. The Labute approximate surface area is 103 Å². The summed E-state index contributed by atoms with van der Waals surface area (Å²) in [5.41, 5.74) is 2.41. The van der Waals surface area contributed by atoms with Crippen molar-refractivity contribution < 1.29 is 9.47 Å². The predicted octanol–water partition coefficient (Wildman–Crippen LogP) is 2.14. The smallest absolute Gasteiger partial charge is 0.127 e. The molecule has 0 amide bonds. The lowest BCUT2D eigenvalue weighted by molar-refractivity contribution is 0.181. The number of methoxy groups -OCH3 is 2. The van der Waals surface area contributed by atoms with E-state index in [1.165, 1.54) is 18.4 Å². The maximum Gasteiger partial charge on any atom is 0.127 e. The van der Waals surface area contributed by atoms with Crippen molar-refractivity contribution in [1.82, 2.24) is 5.32 Å². The van der Waals surface area contributed by atoms with Crippen LogP contribution in [0.5, 0.6) is 5.75 Å². The molecule has 1 aromatic rings. The van der Waals surface area contributed by atoms with Gasteiger partial charge in [0, 0.05) is 18.7 Å². The fourth-order valence-corrected chi connectivity index (χ4v) is 2.53. The van der Waals surface area contributed by atoms with E-state index in [0.717, 1.165) is 24.3 Å². The second-order valence-corrected chi connectivity index (χ2v) is 4.54. The summed E-state index contributed by atoms with van der Waals surface area (Å²) in [5.74, 6) is 0.989. The molecule has 0 radical (unpaired) electrons. The van der Waals surface area contributed by atoms with Gasteiger partial charge < -0.3 is 14.8 Å². The Morgan fingerprint density at radius 3 is 2.76 bits per heavy atom. The first-order valence-corrected chi connectivity index (χ1v) is 6.22. The van der Waals surface area contributed by atoms with Crippen LogP contribution >= 0.6 is 0 Å². The van der Waals surface area contributed by atoms with Crippen LogP contribution in [0.4, 0.5) is 0 Å². The molecular formula is C14H21NO2. The van der Waals surface area contributed by atoms with Crippen molar-refractivity contribution in [3.63, 3.8) is 0 Å². The molecule has 3 heteroatoms. The van der Waals surface area contributed by atoms with Crippen molar-refractivity contribution in [3.05, 3.63) is 29.3 Å². The van der Waals surface area contributed by atoms with Crippen molar-refractivity contribution in [2.24, 2.45) is 0 Å². The van der Waals surface area contributed by atoms with Crippen molar-refractivity contribution in [2.75, 3.05) is 20.8 Å². The third kappa shape index (κ3) is 2.99. The molecule has 0 bridgehead atoms. The summed E-state index contributed by atoms with van der Waals surface area (Å²) in [5, 5.41) is 3.52. The zero-order valence-electron chi connectivity index (χ0n) is 10.7. The largest absolute Gasteiger partial charge is 0.496 e. The van der Waals surface area contributed by atoms with Gasteiger partial charge >= 0.3 is 0 Å². The van der Waals surface area contributed by atoms with Gasteiger partial charge in [-0.1, -0.05) is 18.2 Å². The van der Waals surface area contributed by atoms with Crippen molar-refractivity contribution in [3.8, 4) is 5.75 Å². The van der Waals surface area contributed by atoms with Crippen molar-refractivity contribution in [1.29, 1.82) is 0 Å². The first-order chi connectivity index (χ1) is 8.35. The van der Waals surface area contributed by atoms with Crippen LogP contribution < -0.4 is 10.1 Å². The van der Waals surface area contributed by atoms with Gasteiger partial charge in [0.05, 0.1) is 13.7 Å². The highest BCUT2D eigenvalue weighted by Crippen LogP contribution is 2.26. The molecule has 1 heterocycles. The molecule has 3 nitrogen and oxygen atoms in total. The van der Waals surface area contributed by atoms with Crippen LogP contribution in [0.1, 0.15) is 24.0 Å². The van der Waals surface area contributed by atoms with Crippen LogP contribution in [0.25, 0.3) is 0 Å². The van der Waals surface area contributed by atoms with Gasteiger partial charge in [0.15, 0.2) is 0 Å². The lowest BCUT2D eigenvalue weighted by atomic mass is 10.0. The quantitative estimate of drug-likeness (QED) is 0.848. The molecule has 94 valence electrons. The summed E-state index contributed by atoms with van der Waals surface area (Å²) in [7, 11) is 3.45. The number of hydrogen-bond acceptors (Lipinski definition) is 3. The monoisotopic (exact) mass is 235 g/mol. The lowest BCUT2D eigenvalue weighted by Gasteiger charge is -2.16. The molecule has 17 heavy (non-hydrogen) atoms. The summed E-state index contributed by atoms with van der Waals surface area (Å²) in [6, 6.07) is 6.90. The summed E-state index contributed by atoms with van der Waals surface area (Å²) in [6.07, 6.45) is 3.59. The molecule has 1 unspecified atom stereocenters. The average Bonchev–Trinajstić information content (AvgIpc) is 2.83. The van der Waals surface area contributed by atoms with Gasteiger partial charge in [-0.15, -0.1) is 0 Å². The zero-order valence-corrected chi connectivity index (χ0v) is 10.7. The minimum atomic E-state index is 0.599. The van der Waals surface area contributed by atoms with E-state index in [4.69, 9.17) is 9.47 Å². The minimum absolute atomic E-state index is 0.599. The van der Waals surface area contributed by atoms with Crippen LogP contribution in [0.2, 0.25) is 0 Å². The Bertz CT molecular complexity index is 359. The summed E-state index contributed by atoms with van der Waals surface area (Å²) in [6.45, 7) is 1.75. The molecule has 0 saturated carbocycles. The molecule has 0 aromatic heterocycles. The molecule has 1 aliphatic heterocycles. The van der Waals surface area contributed by atoms with Gasteiger partial charge in [0.2, 0.25) is 0 Å². The highest BCUT2D eigenvalue weighted by atomic mass is 16.5. The van der Waals surface area contributed by atoms with Crippen LogP contribution in [0.15, 0.2) is 18.2 Å². The summed E-state index contributed by atoms with van der Waals surface area (Å²) >= 11 is 0. The third-order valence-corrected chi connectivity index (χ3v) is 3.31. The van der Waals surface area contributed by atoms with Crippen molar-refractivity contribution in [2.45, 2.75) is 31.9 Å². The van der Waals surface area contributed by atoms with Crippen molar-refractivity contribution >= 4 is 0 Å². The van der Waals surface area contributed by atoms with Crippen LogP contribution in [-0.2, 0) is 17.8 Å². The highest BCUT2D eigenvalue weighted by molar-refractivity contribution is 5.41. The van der Waals surface area contributed by atoms with Crippen LogP contribution in [0.3, 0.4) is 0 Å². The molecule has 2 rings (SSSR count). The fraction of sp³-hybridized carbons (Fsp3) is 0.571. The summed E-state index contributed by atoms with van der Waals surface area (Å²) < 4.78 is 10.7. The molecular weight excluding hydrogens is 214 g/mol. The van der Waals surface area contributed by atoms with Crippen LogP contribution in [0, 0.1) is 0 Å². The standard InChI is InChI=1S/C14H21NO2/c1-16-10-12-6-3-5-11(14(12)17-2)9-13-7-4-8-15-13/h3,5-6,13,15H,4,7-10H2,1-2H3. The normalized spacial score (nSPS) is 19.5. The maximum atomic E-state index is 5.53. The average molecular weight is 235 g/mol. The topological polar surface area (TPSA) is 30.5 Å². The van der Waals surface area contributed by atoms with Gasteiger partial charge in [-0.2, -0.15) is 0 Å². The van der Waals surface area contributed by atoms with Gasteiger partial charge in [-0.3, -0.25) is 0 Å². The maximum absolute atomic E-state index is 5.53. The van der Waals surface area contributed by atoms with Gasteiger partial charge in [-0.05, 0) is 31.4 Å². The molecule has 1 atom stereocenters. The summed E-state index contributed by atoms with van der Waals surface area (Å²) in [4.78, 5) is 0. The highest BCUT2D eigenvalue weighted by Gasteiger charge is 2.17. The molecule has 1 aliphatic rings. The SMILES string of the molecule is COCc1cccc(CC2CCCN2)c1OC. The Kier molecular flexibility index (Phi) is 4.40. The number of hydrogen-bond donors (Lipinski definition) is 1. The first-order valence-electron chi connectivity index (χ1n) is 6.22. The Morgan fingerprint density at radius 2 is 2.12 bits per heavy atom. The van der Waals surface area contributed by atoms with E-state index >= 15 is 0 Å². The molecule has 1 fully saturated rings. The number of benzene rings is 1. The van der Waals surface area contributed by atoms with E-state index in [1.54, 1.807) is 14.2 Å². The van der Waals surface area contributed by atoms with Gasteiger partial charge in [0.25, 0.3) is 0 Å². The zero-order chi connectivity index (χ0) is 12.1. The number of nitrogens with one attached hydrogen (secondary N) is 1. The Morgan fingerprint density at radius 1 is 1.29 bits per heavy atom. The molecule has 1 saturated heterocycles. The number of rotatable bonds is 5. The molecule has 0 aliphatic carbocycles. The van der Waals surface area contributed by atoms with Gasteiger partial charge in [0.1, 0.15) is 5.75 Å². The van der Waals surface area contributed by atoms with Crippen LogP contribution in [-0.4, -0.2) is 26.8 Å². The number of ether oxygens (including phenoxy) is 2. The van der Waals surface area contributed by atoms with E-state index in [9.17, 15) is 0 Å². The molecule has 0 spiro atoms. The van der Waals surface area contributed by atoms with Gasteiger partial charge in [-0.25, -0.2) is 0 Å². The third-order valence-electron chi connectivity index (χ3n) is 3.31. The second-order valence-electron chi connectivity index (χ2n) is 4.54. The molecule has 1 aromatic carbocycles. The van der Waals surface area contributed by atoms with E-state index in [2.05, 4.69) is 23.5 Å². The van der Waals surface area contributed by atoms with E-state index in [1.807, 2.05) is 0 Å². The molecule has 1 N–H and O–H groups in total. The Hall–Kier alpha value is -1.06. The first kappa shape index (κ1) is 12.4. The second kappa shape index (κ2) is 6.03. The number of para-hydroxylation sites is 1.